The molecule has 4 nitrogen and oxygen atoms in total. The van der Waals surface area contributed by atoms with Crippen LogP contribution in [-0.2, 0) is 4.74 Å². The zero-order chi connectivity index (χ0) is 12.6. The van der Waals surface area contributed by atoms with Crippen LogP contribution in [-0.4, -0.2) is 23.3 Å². The Morgan fingerprint density at radius 1 is 1.24 bits per heavy atom. The minimum Gasteiger partial charge on any atom is -0.507 e. The molecule has 0 unspecified atom stereocenters. The summed E-state index contributed by atoms with van der Waals surface area (Å²) in [5.41, 5.74) is 0.916. The molecule has 0 saturated heterocycles. The molecule has 0 aliphatic carbocycles. The Morgan fingerprint density at radius 2 is 1.94 bits per heavy atom. The van der Waals surface area contributed by atoms with Crippen molar-refractivity contribution >= 4 is 16.7 Å². The van der Waals surface area contributed by atoms with Crippen molar-refractivity contribution in [2.24, 2.45) is 0 Å². The number of rotatable bonds is 1. The number of carbonyl (C=O) groups is 1. The molecule has 0 aromatic heterocycles. The molecule has 0 saturated carbocycles. The second-order valence-corrected chi connectivity index (χ2v) is 3.84. The van der Waals surface area contributed by atoms with Crippen molar-refractivity contribution in [3.05, 3.63) is 35.4 Å². The highest BCUT2D eigenvalue weighted by molar-refractivity contribution is 6.03. The maximum Gasteiger partial charge on any atom is 0.341 e. The monoisotopic (exact) mass is 232 g/mol. The Balaban J connectivity index is 2.80. The molecule has 2 aromatic carbocycles. The third kappa shape index (κ3) is 1.78. The normalized spacial score (nSPS) is 10.5. The minimum atomic E-state index is -0.635. The highest BCUT2D eigenvalue weighted by Gasteiger charge is 2.16. The summed E-state index contributed by atoms with van der Waals surface area (Å²) in [5, 5.41) is 20.7. The summed E-state index contributed by atoms with van der Waals surface area (Å²) in [5.74, 6) is -0.945. The molecular weight excluding hydrogens is 220 g/mol. The van der Waals surface area contributed by atoms with E-state index in [1.165, 1.54) is 19.2 Å². The summed E-state index contributed by atoms with van der Waals surface area (Å²) in [6.45, 7) is 1.84. The van der Waals surface area contributed by atoms with E-state index < -0.39 is 5.97 Å². The van der Waals surface area contributed by atoms with Gasteiger partial charge in [-0.05, 0) is 30.0 Å². The Bertz CT molecular complexity index is 602. The number of phenols is 2. The second-order valence-electron chi connectivity index (χ2n) is 3.84. The van der Waals surface area contributed by atoms with E-state index in [-0.39, 0.29) is 22.4 Å². The molecule has 0 atom stereocenters. The van der Waals surface area contributed by atoms with Gasteiger partial charge < -0.3 is 14.9 Å². The smallest absolute Gasteiger partial charge is 0.341 e. The molecule has 2 rings (SSSR count). The lowest BCUT2D eigenvalue weighted by Crippen LogP contribution is -2.01. The van der Waals surface area contributed by atoms with Crippen LogP contribution in [0.5, 0.6) is 11.5 Å². The first kappa shape index (κ1) is 11.3. The number of esters is 1. The van der Waals surface area contributed by atoms with Gasteiger partial charge in [0.1, 0.15) is 17.1 Å². The lowest BCUT2D eigenvalue weighted by atomic mass is 10.0. The maximum atomic E-state index is 11.4. The summed E-state index contributed by atoms with van der Waals surface area (Å²) >= 11 is 0. The number of aryl methyl sites for hydroxylation is 1. The number of hydrogen-bond donors (Lipinski definition) is 2. The summed E-state index contributed by atoms with van der Waals surface area (Å²) < 4.78 is 4.55. The van der Waals surface area contributed by atoms with Crippen LogP contribution < -0.4 is 0 Å². The van der Waals surface area contributed by atoms with Crippen molar-refractivity contribution in [1.82, 2.24) is 0 Å². The maximum absolute atomic E-state index is 11.4. The van der Waals surface area contributed by atoms with Gasteiger partial charge in [0.2, 0.25) is 0 Å². The first-order chi connectivity index (χ1) is 8.04. The third-order valence-corrected chi connectivity index (χ3v) is 2.62. The van der Waals surface area contributed by atoms with Crippen LogP contribution in [0.3, 0.4) is 0 Å². The van der Waals surface area contributed by atoms with Crippen LogP contribution in [0.2, 0.25) is 0 Å². The van der Waals surface area contributed by atoms with Crippen molar-refractivity contribution in [3.63, 3.8) is 0 Å². The molecule has 2 aromatic rings. The Morgan fingerprint density at radius 3 is 2.59 bits per heavy atom. The molecule has 0 aliphatic heterocycles. The van der Waals surface area contributed by atoms with Crippen molar-refractivity contribution in [2.75, 3.05) is 7.11 Å². The summed E-state index contributed by atoms with van der Waals surface area (Å²) in [7, 11) is 1.24. The fourth-order valence-corrected chi connectivity index (χ4v) is 1.85. The number of benzene rings is 2. The van der Waals surface area contributed by atoms with Crippen LogP contribution in [0.15, 0.2) is 24.3 Å². The summed E-state index contributed by atoms with van der Waals surface area (Å²) in [6, 6.07) is 6.48. The van der Waals surface area contributed by atoms with Crippen molar-refractivity contribution in [1.29, 1.82) is 0 Å². The molecule has 17 heavy (non-hydrogen) atoms. The van der Waals surface area contributed by atoms with Gasteiger partial charge in [-0.2, -0.15) is 0 Å². The quantitative estimate of drug-likeness (QED) is 0.740. The molecule has 0 aliphatic rings. The van der Waals surface area contributed by atoms with Crippen LogP contribution in [0.25, 0.3) is 10.8 Å². The first-order valence-electron chi connectivity index (χ1n) is 5.08. The average Bonchev–Trinajstić information content (AvgIpc) is 2.27. The van der Waals surface area contributed by atoms with E-state index in [9.17, 15) is 15.0 Å². The van der Waals surface area contributed by atoms with Gasteiger partial charge in [-0.3, -0.25) is 0 Å². The van der Waals surface area contributed by atoms with E-state index >= 15 is 0 Å². The zero-order valence-corrected chi connectivity index (χ0v) is 9.52. The number of carbonyl (C=O) groups excluding carboxylic acids is 1. The number of aromatic hydroxyl groups is 2. The largest absolute Gasteiger partial charge is 0.507 e. The molecule has 2 N–H and O–H groups in total. The van der Waals surface area contributed by atoms with Gasteiger partial charge in [-0.1, -0.05) is 12.1 Å². The van der Waals surface area contributed by atoms with Crippen molar-refractivity contribution in [2.45, 2.75) is 6.92 Å². The van der Waals surface area contributed by atoms with Gasteiger partial charge in [0.05, 0.1) is 12.5 Å². The van der Waals surface area contributed by atoms with Crippen molar-refractivity contribution in [3.8, 4) is 11.5 Å². The fraction of sp³-hybridized carbons (Fsp3) is 0.154. The van der Waals surface area contributed by atoms with E-state index in [2.05, 4.69) is 4.74 Å². The molecule has 0 fully saturated rings. The highest BCUT2D eigenvalue weighted by atomic mass is 16.5. The number of ether oxygens (including phenoxy) is 1. The second kappa shape index (κ2) is 3.97. The van der Waals surface area contributed by atoms with Crippen LogP contribution >= 0.6 is 0 Å². The molecule has 0 radical (unpaired) electrons. The number of hydrogen-bond acceptors (Lipinski definition) is 4. The SMILES string of the molecule is COC(=O)c1ccc2cc(C)cc(O)c2c1O. The molecule has 0 spiro atoms. The molecule has 88 valence electrons. The predicted octanol–water partition coefficient (Wildman–Crippen LogP) is 2.35. The third-order valence-electron chi connectivity index (χ3n) is 2.62. The molecule has 0 heterocycles. The Hall–Kier alpha value is -2.23. The molecule has 0 bridgehead atoms. The Labute approximate surface area is 98.1 Å². The van der Waals surface area contributed by atoms with Gasteiger partial charge in [0.15, 0.2) is 0 Å². The lowest BCUT2D eigenvalue weighted by molar-refractivity contribution is 0.0598. The predicted molar refractivity (Wildman–Crippen MR) is 63.4 cm³/mol. The van der Waals surface area contributed by atoms with E-state index in [1.54, 1.807) is 6.07 Å². The molecule has 0 amide bonds. The van der Waals surface area contributed by atoms with E-state index in [1.807, 2.05) is 13.0 Å². The van der Waals surface area contributed by atoms with E-state index in [4.69, 9.17) is 0 Å². The van der Waals surface area contributed by atoms with Gasteiger partial charge >= 0.3 is 5.97 Å². The van der Waals surface area contributed by atoms with Gasteiger partial charge in [0, 0.05) is 0 Å². The number of fused-ring (bicyclic) bond motifs is 1. The Kier molecular flexibility index (Phi) is 2.63. The summed E-state index contributed by atoms with van der Waals surface area (Å²) in [4.78, 5) is 11.4. The first-order valence-corrected chi connectivity index (χ1v) is 5.08. The molecular formula is C13H12O4. The molecule has 4 heteroatoms. The lowest BCUT2D eigenvalue weighted by Gasteiger charge is -2.08. The van der Waals surface area contributed by atoms with Crippen LogP contribution in [0, 0.1) is 6.92 Å². The minimum absolute atomic E-state index is 0.0409. The van der Waals surface area contributed by atoms with Gasteiger partial charge in [-0.25, -0.2) is 4.79 Å². The average molecular weight is 232 g/mol. The fourth-order valence-electron chi connectivity index (χ4n) is 1.85. The number of methoxy groups -OCH3 is 1. The topological polar surface area (TPSA) is 66.8 Å². The van der Waals surface area contributed by atoms with E-state index in [0.29, 0.717) is 5.39 Å². The standard InChI is InChI=1S/C13H12O4/c1-7-5-8-3-4-9(13(16)17-2)12(15)11(8)10(14)6-7/h3-6,14-15H,1-2H3. The number of phenolic OH excluding ortho intramolecular Hbond substituents is 2. The van der Waals surface area contributed by atoms with Gasteiger partial charge in [0.25, 0.3) is 0 Å². The van der Waals surface area contributed by atoms with Gasteiger partial charge in [-0.15, -0.1) is 0 Å². The zero-order valence-electron chi connectivity index (χ0n) is 9.52. The van der Waals surface area contributed by atoms with E-state index in [0.717, 1.165) is 5.56 Å². The highest BCUT2D eigenvalue weighted by Crippen LogP contribution is 2.36. The van der Waals surface area contributed by atoms with Crippen LogP contribution in [0.4, 0.5) is 0 Å². The summed E-state index contributed by atoms with van der Waals surface area (Å²) in [6.07, 6.45) is 0. The van der Waals surface area contributed by atoms with Crippen LogP contribution in [0.1, 0.15) is 15.9 Å². The van der Waals surface area contributed by atoms with Crippen molar-refractivity contribution < 1.29 is 19.7 Å².